The van der Waals surface area contributed by atoms with Crippen LogP contribution in [0.25, 0.3) is 10.8 Å². The number of hydrogen-bond donors (Lipinski definition) is 0. The standard InChI is InChI=1S/C19H18N2O5S/c1-3-20(17-10-6-8-14-7-4-5-9-16(14)17)27(24,25)15-11-12-18(21(22)23)19(13-15)26-2/h4-13H,3H2,1-2H3. The van der Waals surface area contributed by atoms with Gasteiger partial charge in [0.1, 0.15) is 0 Å². The van der Waals surface area contributed by atoms with Crippen LogP contribution in [0.15, 0.2) is 65.6 Å². The number of nitrogens with zero attached hydrogens (tertiary/aromatic N) is 2. The van der Waals surface area contributed by atoms with Gasteiger partial charge >= 0.3 is 5.69 Å². The van der Waals surface area contributed by atoms with E-state index < -0.39 is 14.9 Å². The van der Waals surface area contributed by atoms with E-state index in [0.29, 0.717) is 5.69 Å². The molecule has 0 radical (unpaired) electrons. The minimum atomic E-state index is -3.94. The van der Waals surface area contributed by atoms with Gasteiger partial charge in [-0.3, -0.25) is 14.4 Å². The fraction of sp³-hybridized carbons (Fsp3) is 0.158. The number of rotatable bonds is 6. The first-order valence-electron chi connectivity index (χ1n) is 8.23. The zero-order valence-electron chi connectivity index (χ0n) is 14.8. The molecule has 0 aliphatic rings. The van der Waals surface area contributed by atoms with Crippen LogP contribution in [-0.2, 0) is 10.0 Å². The lowest BCUT2D eigenvalue weighted by Gasteiger charge is -2.24. The molecule has 0 heterocycles. The van der Waals surface area contributed by atoms with E-state index in [4.69, 9.17) is 4.74 Å². The van der Waals surface area contributed by atoms with E-state index in [1.165, 1.54) is 23.5 Å². The monoisotopic (exact) mass is 386 g/mol. The van der Waals surface area contributed by atoms with Crippen molar-refractivity contribution < 1.29 is 18.1 Å². The van der Waals surface area contributed by atoms with Crippen molar-refractivity contribution in [1.29, 1.82) is 0 Å². The second-order valence-corrected chi connectivity index (χ2v) is 7.62. The minimum Gasteiger partial charge on any atom is -0.490 e. The predicted octanol–water partition coefficient (Wildman–Crippen LogP) is 3.97. The molecule has 0 fully saturated rings. The molecule has 0 saturated carbocycles. The summed E-state index contributed by atoms with van der Waals surface area (Å²) < 4.78 is 32.8. The number of fused-ring (bicyclic) bond motifs is 1. The van der Waals surface area contributed by atoms with Crippen molar-refractivity contribution in [3.05, 3.63) is 70.8 Å². The molecule has 0 atom stereocenters. The second-order valence-electron chi connectivity index (χ2n) is 5.76. The van der Waals surface area contributed by atoms with E-state index in [2.05, 4.69) is 0 Å². The third-order valence-corrected chi connectivity index (χ3v) is 6.14. The van der Waals surface area contributed by atoms with Crippen LogP contribution >= 0.6 is 0 Å². The van der Waals surface area contributed by atoms with Crippen molar-refractivity contribution in [2.75, 3.05) is 18.0 Å². The molecule has 0 spiro atoms. The first-order valence-corrected chi connectivity index (χ1v) is 9.67. The van der Waals surface area contributed by atoms with Crippen LogP contribution in [0.1, 0.15) is 6.92 Å². The first-order chi connectivity index (χ1) is 12.9. The summed E-state index contributed by atoms with van der Waals surface area (Å²) in [5.41, 5.74) is 0.262. The highest BCUT2D eigenvalue weighted by Crippen LogP contribution is 2.34. The normalized spacial score (nSPS) is 11.3. The summed E-state index contributed by atoms with van der Waals surface area (Å²) in [5, 5.41) is 12.8. The van der Waals surface area contributed by atoms with Crippen LogP contribution in [-0.4, -0.2) is 27.0 Å². The molecule has 0 bridgehead atoms. The molecule has 0 unspecified atom stereocenters. The largest absolute Gasteiger partial charge is 0.490 e. The Morgan fingerprint density at radius 1 is 1.07 bits per heavy atom. The van der Waals surface area contributed by atoms with Crippen LogP contribution in [0.5, 0.6) is 5.75 Å². The third-order valence-electron chi connectivity index (χ3n) is 4.26. The number of hydrogen-bond acceptors (Lipinski definition) is 5. The average molecular weight is 386 g/mol. The van der Waals surface area contributed by atoms with Gasteiger partial charge in [0.25, 0.3) is 10.0 Å². The lowest BCUT2D eigenvalue weighted by atomic mass is 10.1. The number of nitro groups is 1. The highest BCUT2D eigenvalue weighted by atomic mass is 32.2. The van der Waals surface area contributed by atoms with Gasteiger partial charge in [-0.2, -0.15) is 0 Å². The van der Waals surface area contributed by atoms with Gasteiger partial charge < -0.3 is 4.74 Å². The minimum absolute atomic E-state index is 0.0697. The zero-order valence-corrected chi connectivity index (χ0v) is 15.6. The number of benzene rings is 3. The van der Waals surface area contributed by atoms with Gasteiger partial charge in [-0.1, -0.05) is 36.4 Å². The van der Waals surface area contributed by atoms with E-state index in [9.17, 15) is 18.5 Å². The molecule has 0 saturated heterocycles. The molecule has 0 amide bonds. The SMILES string of the molecule is CCN(c1cccc2ccccc12)S(=O)(=O)c1ccc([N+](=O)[O-])c(OC)c1. The molecule has 3 rings (SSSR count). The number of ether oxygens (including phenoxy) is 1. The first kappa shape index (κ1) is 18.7. The van der Waals surface area contributed by atoms with Crippen molar-refractivity contribution in [2.45, 2.75) is 11.8 Å². The highest BCUT2D eigenvalue weighted by molar-refractivity contribution is 7.92. The smallest absolute Gasteiger partial charge is 0.310 e. The lowest BCUT2D eigenvalue weighted by molar-refractivity contribution is -0.385. The van der Waals surface area contributed by atoms with Crippen LogP contribution in [0.3, 0.4) is 0 Å². The van der Waals surface area contributed by atoms with Gasteiger partial charge in [0.15, 0.2) is 5.75 Å². The van der Waals surface area contributed by atoms with Gasteiger partial charge in [-0.15, -0.1) is 0 Å². The molecule has 7 nitrogen and oxygen atoms in total. The van der Waals surface area contributed by atoms with Crippen molar-refractivity contribution >= 4 is 32.2 Å². The van der Waals surface area contributed by atoms with Gasteiger partial charge in [0, 0.05) is 24.1 Å². The third kappa shape index (κ3) is 3.31. The molecule has 8 heteroatoms. The fourth-order valence-corrected chi connectivity index (χ4v) is 4.50. The summed E-state index contributed by atoms with van der Waals surface area (Å²) in [6.07, 6.45) is 0. The fourth-order valence-electron chi connectivity index (χ4n) is 2.99. The van der Waals surface area contributed by atoms with Crippen LogP contribution in [0, 0.1) is 10.1 Å². The maximum atomic E-state index is 13.3. The van der Waals surface area contributed by atoms with Crippen LogP contribution < -0.4 is 9.04 Å². The van der Waals surface area contributed by atoms with E-state index >= 15 is 0 Å². The molecular weight excluding hydrogens is 368 g/mol. The molecule has 3 aromatic rings. The molecule has 27 heavy (non-hydrogen) atoms. The van der Waals surface area contributed by atoms with E-state index in [-0.39, 0.29) is 22.9 Å². The Morgan fingerprint density at radius 2 is 1.78 bits per heavy atom. The summed E-state index contributed by atoms with van der Waals surface area (Å²) in [4.78, 5) is 10.4. The van der Waals surface area contributed by atoms with Crippen molar-refractivity contribution in [3.63, 3.8) is 0 Å². The summed E-state index contributed by atoms with van der Waals surface area (Å²) >= 11 is 0. The Hall–Kier alpha value is -3.13. The molecule has 0 aliphatic heterocycles. The summed E-state index contributed by atoms with van der Waals surface area (Å²) in [7, 11) is -2.68. The van der Waals surface area contributed by atoms with E-state index in [1.807, 2.05) is 30.3 Å². The molecule has 0 N–H and O–H groups in total. The Bertz CT molecular complexity index is 1110. The molecular formula is C19H18N2O5S. The molecule has 3 aromatic carbocycles. The van der Waals surface area contributed by atoms with E-state index in [0.717, 1.165) is 16.8 Å². The van der Waals surface area contributed by atoms with Gasteiger partial charge in [-0.25, -0.2) is 8.42 Å². The van der Waals surface area contributed by atoms with Gasteiger partial charge in [0.2, 0.25) is 0 Å². The van der Waals surface area contributed by atoms with Crippen molar-refractivity contribution in [2.24, 2.45) is 0 Å². The maximum absolute atomic E-state index is 13.3. The van der Waals surface area contributed by atoms with Crippen molar-refractivity contribution in [1.82, 2.24) is 0 Å². The molecule has 0 aromatic heterocycles. The topological polar surface area (TPSA) is 89.8 Å². The predicted molar refractivity (Wildman–Crippen MR) is 104 cm³/mol. The van der Waals surface area contributed by atoms with Gasteiger partial charge in [-0.05, 0) is 24.4 Å². The summed E-state index contributed by atoms with van der Waals surface area (Å²) in [6.45, 7) is 1.94. The highest BCUT2D eigenvalue weighted by Gasteiger charge is 2.27. The number of sulfonamides is 1. The Morgan fingerprint density at radius 3 is 2.44 bits per heavy atom. The number of nitro benzene ring substituents is 1. The Labute approximate surface area is 157 Å². The number of methoxy groups -OCH3 is 1. The zero-order chi connectivity index (χ0) is 19.6. The van der Waals surface area contributed by atoms with Crippen molar-refractivity contribution in [3.8, 4) is 5.75 Å². The average Bonchev–Trinajstić information content (AvgIpc) is 2.68. The maximum Gasteiger partial charge on any atom is 0.310 e. The summed E-state index contributed by atoms with van der Waals surface area (Å²) in [6, 6.07) is 16.5. The molecule has 0 aliphatic carbocycles. The van der Waals surface area contributed by atoms with E-state index in [1.54, 1.807) is 19.1 Å². The Balaban J connectivity index is 2.16. The summed E-state index contributed by atoms with van der Waals surface area (Å²) in [5.74, 6) is -0.102. The quantitative estimate of drug-likeness (QED) is 0.472. The van der Waals surface area contributed by atoms with Crippen LogP contribution in [0.2, 0.25) is 0 Å². The molecule has 140 valence electrons. The van der Waals surface area contributed by atoms with Crippen LogP contribution in [0.4, 0.5) is 11.4 Å². The van der Waals surface area contributed by atoms with Gasteiger partial charge in [0.05, 0.1) is 22.6 Å². The second kappa shape index (κ2) is 7.24. The lowest BCUT2D eigenvalue weighted by Crippen LogP contribution is -2.31. The Kier molecular flexibility index (Phi) is 5.00. The number of anilines is 1.